The van der Waals surface area contributed by atoms with Gasteiger partial charge in [0, 0.05) is 24.3 Å². The number of rotatable bonds is 7. The number of unbranched alkanes of at least 4 members (excludes halogenated alkanes) is 2. The smallest absolute Gasteiger partial charge is 0.270 e. The van der Waals surface area contributed by atoms with Crippen LogP contribution in [0.4, 0.5) is 0 Å². The van der Waals surface area contributed by atoms with E-state index in [-0.39, 0.29) is 23.6 Å². The maximum Gasteiger partial charge on any atom is 0.270 e. The van der Waals surface area contributed by atoms with E-state index in [1.165, 1.54) is 12.3 Å². The zero-order valence-corrected chi connectivity index (χ0v) is 12.4. The van der Waals surface area contributed by atoms with Crippen molar-refractivity contribution >= 4 is 11.8 Å². The standard InChI is InChI=1S/C15H23N3O2/c1-4-5-6-8-17-14(19)12-7-9-16-13(10-12)15(20)18-11(2)3/h7,9-11H,4-6,8H2,1-3H3,(H,17,19)(H,18,20). The molecule has 0 unspecified atom stereocenters. The fourth-order valence-corrected chi connectivity index (χ4v) is 1.71. The van der Waals surface area contributed by atoms with Gasteiger partial charge in [-0.1, -0.05) is 19.8 Å². The molecule has 0 bridgehead atoms. The number of pyridine rings is 1. The molecule has 5 nitrogen and oxygen atoms in total. The predicted molar refractivity (Wildman–Crippen MR) is 78.7 cm³/mol. The molecule has 20 heavy (non-hydrogen) atoms. The van der Waals surface area contributed by atoms with Gasteiger partial charge in [-0.05, 0) is 32.4 Å². The summed E-state index contributed by atoms with van der Waals surface area (Å²) < 4.78 is 0. The summed E-state index contributed by atoms with van der Waals surface area (Å²) in [4.78, 5) is 27.8. The van der Waals surface area contributed by atoms with Gasteiger partial charge in [-0.3, -0.25) is 14.6 Å². The number of amides is 2. The molecular formula is C15H23N3O2. The normalized spacial score (nSPS) is 10.4. The monoisotopic (exact) mass is 277 g/mol. The first-order valence-electron chi connectivity index (χ1n) is 7.09. The van der Waals surface area contributed by atoms with Crippen LogP contribution < -0.4 is 10.6 Å². The second-order valence-corrected chi connectivity index (χ2v) is 5.02. The topological polar surface area (TPSA) is 71.1 Å². The Morgan fingerprint density at radius 1 is 1.25 bits per heavy atom. The molecule has 1 aromatic heterocycles. The van der Waals surface area contributed by atoms with E-state index in [2.05, 4.69) is 22.5 Å². The van der Waals surface area contributed by atoms with Crippen molar-refractivity contribution in [2.45, 2.75) is 46.1 Å². The highest BCUT2D eigenvalue weighted by Gasteiger charge is 2.12. The third-order valence-electron chi connectivity index (χ3n) is 2.74. The lowest BCUT2D eigenvalue weighted by atomic mass is 10.2. The Balaban J connectivity index is 2.62. The summed E-state index contributed by atoms with van der Waals surface area (Å²) in [6.45, 7) is 6.53. The van der Waals surface area contributed by atoms with Gasteiger partial charge in [-0.2, -0.15) is 0 Å². The van der Waals surface area contributed by atoms with Crippen LogP contribution in [-0.2, 0) is 0 Å². The molecule has 1 aromatic rings. The molecule has 0 spiro atoms. The van der Waals surface area contributed by atoms with Gasteiger partial charge in [-0.15, -0.1) is 0 Å². The summed E-state index contributed by atoms with van der Waals surface area (Å²) in [5.41, 5.74) is 0.727. The second kappa shape index (κ2) is 8.30. The Morgan fingerprint density at radius 3 is 2.65 bits per heavy atom. The van der Waals surface area contributed by atoms with Crippen LogP contribution in [0.25, 0.3) is 0 Å². The van der Waals surface area contributed by atoms with E-state index >= 15 is 0 Å². The number of aromatic nitrogens is 1. The fraction of sp³-hybridized carbons (Fsp3) is 0.533. The Bertz CT molecular complexity index is 458. The molecule has 0 aliphatic rings. The first-order valence-corrected chi connectivity index (χ1v) is 7.09. The molecule has 0 radical (unpaired) electrons. The van der Waals surface area contributed by atoms with Gasteiger partial charge >= 0.3 is 0 Å². The van der Waals surface area contributed by atoms with Crippen LogP contribution in [0.15, 0.2) is 18.3 Å². The molecule has 110 valence electrons. The number of carbonyl (C=O) groups excluding carboxylic acids is 2. The number of nitrogens with zero attached hydrogens (tertiary/aromatic N) is 1. The third-order valence-corrected chi connectivity index (χ3v) is 2.74. The van der Waals surface area contributed by atoms with Gasteiger partial charge in [0.25, 0.3) is 11.8 Å². The lowest BCUT2D eigenvalue weighted by Crippen LogP contribution is -2.31. The van der Waals surface area contributed by atoms with E-state index in [9.17, 15) is 9.59 Å². The molecule has 2 N–H and O–H groups in total. The van der Waals surface area contributed by atoms with Crippen LogP contribution in [0.2, 0.25) is 0 Å². The molecule has 0 saturated carbocycles. The Morgan fingerprint density at radius 2 is 2.00 bits per heavy atom. The van der Waals surface area contributed by atoms with Crippen molar-refractivity contribution in [1.82, 2.24) is 15.6 Å². The minimum absolute atomic E-state index is 0.0378. The molecule has 2 amide bonds. The molecule has 1 rings (SSSR count). The summed E-state index contributed by atoms with van der Waals surface area (Å²) in [5.74, 6) is -0.428. The van der Waals surface area contributed by atoms with Crippen molar-refractivity contribution in [2.75, 3.05) is 6.54 Å². The highest BCUT2D eigenvalue weighted by molar-refractivity contribution is 5.98. The van der Waals surface area contributed by atoms with Crippen LogP contribution in [0.5, 0.6) is 0 Å². The van der Waals surface area contributed by atoms with E-state index in [0.717, 1.165) is 19.3 Å². The predicted octanol–water partition coefficient (Wildman–Crippen LogP) is 2.14. The van der Waals surface area contributed by atoms with Crippen molar-refractivity contribution in [1.29, 1.82) is 0 Å². The SMILES string of the molecule is CCCCCNC(=O)c1ccnc(C(=O)NC(C)C)c1. The van der Waals surface area contributed by atoms with Crippen LogP contribution in [0.3, 0.4) is 0 Å². The number of hydrogen-bond donors (Lipinski definition) is 2. The minimum atomic E-state index is -0.263. The Kier molecular flexibility index (Phi) is 6.70. The average Bonchev–Trinajstić information content (AvgIpc) is 2.43. The molecular weight excluding hydrogens is 254 g/mol. The molecule has 1 heterocycles. The molecule has 0 fully saturated rings. The van der Waals surface area contributed by atoms with E-state index in [0.29, 0.717) is 12.1 Å². The Hall–Kier alpha value is -1.91. The van der Waals surface area contributed by atoms with Gasteiger partial charge in [0.05, 0.1) is 0 Å². The zero-order valence-electron chi connectivity index (χ0n) is 12.4. The van der Waals surface area contributed by atoms with Crippen LogP contribution in [0.1, 0.15) is 60.9 Å². The van der Waals surface area contributed by atoms with Crippen LogP contribution in [-0.4, -0.2) is 29.4 Å². The van der Waals surface area contributed by atoms with Crippen molar-refractivity contribution < 1.29 is 9.59 Å². The largest absolute Gasteiger partial charge is 0.352 e. The van der Waals surface area contributed by atoms with E-state index in [4.69, 9.17) is 0 Å². The van der Waals surface area contributed by atoms with E-state index < -0.39 is 0 Å². The van der Waals surface area contributed by atoms with Crippen LogP contribution in [0, 0.1) is 0 Å². The van der Waals surface area contributed by atoms with E-state index in [1.807, 2.05) is 13.8 Å². The highest BCUT2D eigenvalue weighted by Crippen LogP contribution is 2.03. The zero-order chi connectivity index (χ0) is 15.0. The molecule has 0 aliphatic carbocycles. The van der Waals surface area contributed by atoms with Crippen molar-refractivity contribution in [3.8, 4) is 0 Å². The summed E-state index contributed by atoms with van der Waals surface area (Å²) in [7, 11) is 0. The fourth-order valence-electron chi connectivity index (χ4n) is 1.71. The van der Waals surface area contributed by atoms with Crippen molar-refractivity contribution in [3.05, 3.63) is 29.6 Å². The lowest BCUT2D eigenvalue weighted by Gasteiger charge is -2.09. The molecule has 0 atom stereocenters. The summed E-state index contributed by atoms with van der Waals surface area (Å²) in [6.07, 6.45) is 4.66. The molecule has 0 aliphatic heterocycles. The van der Waals surface area contributed by atoms with Crippen molar-refractivity contribution in [2.24, 2.45) is 0 Å². The van der Waals surface area contributed by atoms with Gasteiger partial charge in [0.15, 0.2) is 0 Å². The minimum Gasteiger partial charge on any atom is -0.352 e. The van der Waals surface area contributed by atoms with Crippen molar-refractivity contribution in [3.63, 3.8) is 0 Å². The van der Waals surface area contributed by atoms with Gasteiger partial charge in [-0.25, -0.2) is 0 Å². The number of hydrogen-bond acceptors (Lipinski definition) is 3. The summed E-state index contributed by atoms with van der Waals surface area (Å²) >= 11 is 0. The lowest BCUT2D eigenvalue weighted by molar-refractivity contribution is 0.0938. The Labute approximate surface area is 120 Å². The maximum absolute atomic E-state index is 11.9. The quantitative estimate of drug-likeness (QED) is 0.750. The van der Waals surface area contributed by atoms with Gasteiger partial charge in [0.1, 0.15) is 5.69 Å². The summed E-state index contributed by atoms with van der Waals surface area (Å²) in [6, 6.07) is 3.17. The maximum atomic E-state index is 11.9. The van der Waals surface area contributed by atoms with E-state index in [1.54, 1.807) is 6.07 Å². The van der Waals surface area contributed by atoms with Gasteiger partial charge < -0.3 is 10.6 Å². The molecule has 5 heteroatoms. The first-order chi connectivity index (χ1) is 9.54. The highest BCUT2D eigenvalue weighted by atomic mass is 16.2. The van der Waals surface area contributed by atoms with Gasteiger partial charge in [0.2, 0.25) is 0 Å². The number of nitrogens with one attached hydrogen (secondary N) is 2. The third kappa shape index (κ3) is 5.38. The average molecular weight is 277 g/mol. The molecule has 0 saturated heterocycles. The summed E-state index contributed by atoms with van der Waals surface area (Å²) in [5, 5.41) is 5.59. The molecule has 0 aromatic carbocycles. The van der Waals surface area contributed by atoms with Crippen LogP contribution >= 0.6 is 0 Å². The second-order valence-electron chi connectivity index (χ2n) is 5.02. The number of carbonyl (C=O) groups is 2. The first kappa shape index (κ1) is 16.1.